The summed E-state index contributed by atoms with van der Waals surface area (Å²) in [7, 11) is 0. The molecule has 0 saturated heterocycles. The number of rotatable bonds is 7. The first-order chi connectivity index (χ1) is 18.5. The fourth-order valence-electron chi connectivity index (χ4n) is 3.70. The molecule has 0 amide bonds. The molecule has 1 atom stereocenters. The number of hydrogen-bond acceptors (Lipinski definition) is 5. The van der Waals surface area contributed by atoms with Gasteiger partial charge in [0.05, 0.1) is 17.8 Å². The molecule has 214 valence electrons. The predicted molar refractivity (Wildman–Crippen MR) is 124 cm³/mol. The fourth-order valence-corrected chi connectivity index (χ4v) is 3.83. The summed E-state index contributed by atoms with van der Waals surface area (Å²) in [6, 6.07) is 9.17. The Morgan fingerprint density at radius 3 is 2.15 bits per heavy atom. The lowest BCUT2D eigenvalue weighted by Crippen LogP contribution is -2.37. The van der Waals surface area contributed by atoms with Crippen LogP contribution in [0.5, 0.6) is 0 Å². The molecule has 2 aromatic carbocycles. The Bertz CT molecular complexity index is 1570. The van der Waals surface area contributed by atoms with Gasteiger partial charge in [0.25, 0.3) is 0 Å². The average molecular weight is 597 g/mol. The monoisotopic (exact) mass is 596 g/mol. The number of para-hydroxylation sites is 1. The van der Waals surface area contributed by atoms with Crippen molar-refractivity contribution in [3.63, 3.8) is 0 Å². The number of aliphatic hydroxyl groups is 1. The molecule has 8 nitrogen and oxygen atoms in total. The second-order valence-electron chi connectivity index (χ2n) is 8.61. The van der Waals surface area contributed by atoms with Crippen LogP contribution < -0.4 is 5.69 Å². The summed E-state index contributed by atoms with van der Waals surface area (Å²) in [6.07, 6.45) is -13.0. The van der Waals surface area contributed by atoms with Crippen molar-refractivity contribution in [2.24, 2.45) is 0 Å². The second-order valence-corrected chi connectivity index (χ2v) is 9.04. The molecule has 0 aliphatic rings. The lowest BCUT2D eigenvalue weighted by Gasteiger charge is -2.16. The van der Waals surface area contributed by atoms with Crippen molar-refractivity contribution in [1.29, 1.82) is 0 Å². The van der Waals surface area contributed by atoms with E-state index in [1.54, 1.807) is 0 Å². The smallest absolute Gasteiger partial charge is 0.382 e. The minimum atomic E-state index is -5.09. The van der Waals surface area contributed by atoms with Gasteiger partial charge in [0.2, 0.25) is 5.82 Å². The molecule has 17 heteroatoms. The van der Waals surface area contributed by atoms with Crippen molar-refractivity contribution in [1.82, 2.24) is 29.1 Å². The number of aromatic nitrogens is 6. The summed E-state index contributed by atoms with van der Waals surface area (Å²) in [6.45, 7) is -1.69. The summed E-state index contributed by atoms with van der Waals surface area (Å²) in [5.41, 5.74) is -3.14. The van der Waals surface area contributed by atoms with E-state index in [1.165, 1.54) is 30.3 Å². The standard InChI is InChI=1S/C23H17ClF8N6O2/c1-21(25,26)19-33-17(34-38(19)15-5-3-2-4-14(15)22(27,28)29)11-37-20(40)36(10-16(39)23(30,31)32)18(35-37)12-6-8-13(24)9-7-12/h2-9,16,39H,10-11H2,1H3/t16-/m0/s1. The van der Waals surface area contributed by atoms with Gasteiger partial charge in [-0.25, -0.2) is 19.1 Å². The Kier molecular flexibility index (Phi) is 7.53. The fraction of sp³-hybridized carbons (Fsp3) is 0.304. The minimum absolute atomic E-state index is 0.119. The van der Waals surface area contributed by atoms with E-state index in [0.717, 1.165) is 12.1 Å². The summed E-state index contributed by atoms with van der Waals surface area (Å²) in [4.78, 5) is 16.7. The van der Waals surface area contributed by atoms with Crippen LogP contribution in [0.25, 0.3) is 17.1 Å². The highest BCUT2D eigenvalue weighted by Gasteiger charge is 2.40. The maximum atomic E-state index is 14.4. The second kappa shape index (κ2) is 10.3. The third-order valence-corrected chi connectivity index (χ3v) is 5.78. The zero-order valence-corrected chi connectivity index (χ0v) is 20.8. The maximum Gasteiger partial charge on any atom is 0.418 e. The van der Waals surface area contributed by atoms with E-state index in [2.05, 4.69) is 15.2 Å². The van der Waals surface area contributed by atoms with Crippen LogP contribution in [-0.4, -0.2) is 46.5 Å². The van der Waals surface area contributed by atoms with E-state index in [0.29, 0.717) is 22.2 Å². The molecule has 0 spiro atoms. The van der Waals surface area contributed by atoms with E-state index in [4.69, 9.17) is 11.6 Å². The van der Waals surface area contributed by atoms with Gasteiger partial charge in [0.1, 0.15) is 6.54 Å². The summed E-state index contributed by atoms with van der Waals surface area (Å²) < 4.78 is 110. The normalized spacial score (nSPS) is 13.6. The van der Waals surface area contributed by atoms with E-state index >= 15 is 0 Å². The molecule has 0 fully saturated rings. The van der Waals surface area contributed by atoms with Gasteiger partial charge in [-0.1, -0.05) is 23.7 Å². The van der Waals surface area contributed by atoms with E-state index in [-0.39, 0.29) is 21.1 Å². The van der Waals surface area contributed by atoms with Crippen LogP contribution >= 0.6 is 11.6 Å². The van der Waals surface area contributed by atoms with Crippen LogP contribution in [0.3, 0.4) is 0 Å². The Balaban J connectivity index is 1.83. The topological polar surface area (TPSA) is 90.8 Å². The third-order valence-electron chi connectivity index (χ3n) is 5.53. The number of aliphatic hydroxyl groups excluding tert-OH is 1. The Morgan fingerprint density at radius 1 is 0.950 bits per heavy atom. The number of benzene rings is 2. The molecule has 0 unspecified atom stereocenters. The lowest BCUT2D eigenvalue weighted by molar-refractivity contribution is -0.207. The zero-order valence-electron chi connectivity index (χ0n) is 20.1. The number of halogens is 9. The summed E-state index contributed by atoms with van der Waals surface area (Å²) in [5.74, 6) is -5.90. The van der Waals surface area contributed by atoms with E-state index in [9.17, 15) is 45.0 Å². The van der Waals surface area contributed by atoms with Crippen molar-refractivity contribution in [2.75, 3.05) is 0 Å². The van der Waals surface area contributed by atoms with Crippen molar-refractivity contribution in [3.05, 3.63) is 81.3 Å². The SMILES string of the molecule is CC(F)(F)c1nc(Cn2nc(-c3ccc(Cl)cc3)n(C[C@H](O)C(F)(F)F)c2=O)nn1-c1ccccc1C(F)(F)F. The van der Waals surface area contributed by atoms with Crippen molar-refractivity contribution in [2.45, 2.75) is 44.4 Å². The summed E-state index contributed by atoms with van der Waals surface area (Å²) in [5, 5.41) is 17.5. The zero-order chi connectivity index (χ0) is 29.6. The number of hydrogen-bond donors (Lipinski definition) is 1. The molecule has 40 heavy (non-hydrogen) atoms. The quantitative estimate of drug-likeness (QED) is 0.302. The molecular formula is C23H17ClF8N6O2. The van der Waals surface area contributed by atoms with Crippen molar-refractivity contribution in [3.8, 4) is 17.1 Å². The molecule has 0 saturated carbocycles. The van der Waals surface area contributed by atoms with Crippen LogP contribution in [0.4, 0.5) is 35.1 Å². The molecule has 1 N–H and O–H groups in total. The van der Waals surface area contributed by atoms with Gasteiger partial charge in [0.15, 0.2) is 17.8 Å². The van der Waals surface area contributed by atoms with Crippen LogP contribution in [0.1, 0.15) is 24.1 Å². The molecule has 0 aliphatic carbocycles. The molecule has 4 aromatic rings. The molecule has 2 heterocycles. The van der Waals surface area contributed by atoms with E-state index < -0.39 is 66.1 Å². The van der Waals surface area contributed by atoms with Gasteiger partial charge < -0.3 is 5.11 Å². The lowest BCUT2D eigenvalue weighted by atomic mass is 10.1. The first kappa shape index (κ1) is 29.2. The number of alkyl halides is 8. The molecule has 0 bridgehead atoms. The average Bonchev–Trinajstić information content (AvgIpc) is 3.41. The molecular weight excluding hydrogens is 580 g/mol. The van der Waals surface area contributed by atoms with Gasteiger partial charge >= 0.3 is 24.0 Å². The van der Waals surface area contributed by atoms with E-state index in [1.807, 2.05) is 0 Å². The molecule has 0 aliphatic heterocycles. The van der Waals surface area contributed by atoms with Crippen molar-refractivity contribution < 1.29 is 40.2 Å². The third kappa shape index (κ3) is 6.01. The highest BCUT2D eigenvalue weighted by molar-refractivity contribution is 6.30. The summed E-state index contributed by atoms with van der Waals surface area (Å²) >= 11 is 5.84. The van der Waals surface area contributed by atoms with Crippen LogP contribution in [0.2, 0.25) is 5.02 Å². The first-order valence-corrected chi connectivity index (χ1v) is 11.5. The highest BCUT2D eigenvalue weighted by atomic mass is 35.5. The maximum absolute atomic E-state index is 14.4. The Morgan fingerprint density at radius 2 is 1.57 bits per heavy atom. The largest absolute Gasteiger partial charge is 0.418 e. The van der Waals surface area contributed by atoms with Gasteiger partial charge in [-0.2, -0.15) is 35.1 Å². The van der Waals surface area contributed by atoms with Gasteiger partial charge in [-0.3, -0.25) is 4.57 Å². The Labute approximate surface area is 224 Å². The van der Waals surface area contributed by atoms with Gasteiger partial charge in [-0.05, 0) is 36.4 Å². The van der Waals surface area contributed by atoms with Gasteiger partial charge in [0, 0.05) is 17.5 Å². The van der Waals surface area contributed by atoms with Crippen LogP contribution in [0.15, 0.2) is 53.3 Å². The minimum Gasteiger partial charge on any atom is -0.382 e. The van der Waals surface area contributed by atoms with Crippen LogP contribution in [0, 0.1) is 0 Å². The van der Waals surface area contributed by atoms with Crippen LogP contribution in [-0.2, 0) is 25.2 Å². The van der Waals surface area contributed by atoms with Gasteiger partial charge in [-0.15, -0.1) is 10.2 Å². The first-order valence-electron chi connectivity index (χ1n) is 11.2. The van der Waals surface area contributed by atoms with Crippen molar-refractivity contribution >= 4 is 11.6 Å². The predicted octanol–water partition coefficient (Wildman–Crippen LogP) is 5.05. The molecule has 4 rings (SSSR count). The Hall–Kier alpha value is -3.79. The molecule has 0 radical (unpaired) electrons. The number of nitrogens with zero attached hydrogens (tertiary/aromatic N) is 6. The molecule has 2 aromatic heterocycles. The highest BCUT2D eigenvalue weighted by Crippen LogP contribution is 2.36.